The summed E-state index contributed by atoms with van der Waals surface area (Å²) in [7, 11) is 1.69. The predicted molar refractivity (Wildman–Crippen MR) is 114 cm³/mol. The van der Waals surface area contributed by atoms with Crippen LogP contribution in [0.3, 0.4) is 0 Å². The quantitative estimate of drug-likeness (QED) is 0.551. The maximum Gasteiger partial charge on any atom is 0.416 e. The monoisotopic (exact) mass is 486 g/mol. The number of amides is 1. The van der Waals surface area contributed by atoms with Crippen molar-refractivity contribution in [2.45, 2.75) is 24.6 Å². The third-order valence-corrected chi connectivity index (χ3v) is 6.08. The average Bonchev–Trinajstić information content (AvgIpc) is 3.29. The standard InChI is InChI=1S/C21H19Cl2F3N4O2/c1-30-18(15(22)9-28-30)14-8-17(32-19(14)23)20(31)29-16-10-27-7-6-13(16)11-2-4-12(5-3-11)21(24,25)26/h2-5,8-9,13,16,27H,6-7,10H2,1H3,(H,29,31)/t13-,16+/m0/s1. The van der Waals surface area contributed by atoms with Gasteiger partial charge in [0.2, 0.25) is 5.22 Å². The highest BCUT2D eigenvalue weighted by Crippen LogP contribution is 2.36. The summed E-state index contributed by atoms with van der Waals surface area (Å²) in [6, 6.07) is 6.19. The highest BCUT2D eigenvalue weighted by Gasteiger charge is 2.32. The number of furan rings is 1. The molecule has 0 unspecified atom stereocenters. The molecule has 1 aliphatic heterocycles. The Morgan fingerprint density at radius 2 is 2.00 bits per heavy atom. The number of alkyl halides is 3. The Kier molecular flexibility index (Phi) is 6.24. The van der Waals surface area contributed by atoms with E-state index in [1.54, 1.807) is 7.05 Å². The average molecular weight is 487 g/mol. The molecule has 1 aliphatic rings. The highest BCUT2D eigenvalue weighted by molar-refractivity contribution is 6.35. The van der Waals surface area contributed by atoms with Gasteiger partial charge in [-0.15, -0.1) is 0 Å². The van der Waals surface area contributed by atoms with E-state index in [-0.39, 0.29) is 22.9 Å². The number of nitrogens with one attached hydrogen (secondary N) is 2. The van der Waals surface area contributed by atoms with Crippen molar-refractivity contribution in [3.8, 4) is 11.3 Å². The molecule has 3 heterocycles. The van der Waals surface area contributed by atoms with Crippen molar-refractivity contribution in [1.29, 1.82) is 0 Å². The van der Waals surface area contributed by atoms with Crippen LogP contribution < -0.4 is 10.6 Å². The molecule has 0 bridgehead atoms. The van der Waals surface area contributed by atoms with Crippen molar-refractivity contribution in [2.24, 2.45) is 7.05 Å². The van der Waals surface area contributed by atoms with Crippen LogP contribution in [0, 0.1) is 0 Å². The zero-order chi connectivity index (χ0) is 23.0. The van der Waals surface area contributed by atoms with Crippen LogP contribution in [0.15, 0.2) is 40.9 Å². The Morgan fingerprint density at radius 3 is 2.62 bits per heavy atom. The van der Waals surface area contributed by atoms with Crippen LogP contribution in [0.1, 0.15) is 34.0 Å². The molecule has 1 aromatic carbocycles. The van der Waals surface area contributed by atoms with E-state index in [2.05, 4.69) is 15.7 Å². The van der Waals surface area contributed by atoms with Crippen LogP contribution in [0.4, 0.5) is 13.2 Å². The van der Waals surface area contributed by atoms with Gasteiger partial charge in [-0.25, -0.2) is 0 Å². The Morgan fingerprint density at radius 1 is 1.28 bits per heavy atom. The summed E-state index contributed by atoms with van der Waals surface area (Å²) in [5, 5.41) is 10.5. The fraction of sp³-hybridized carbons (Fsp3) is 0.333. The maximum atomic E-state index is 12.9. The Hall–Kier alpha value is -2.49. The first kappa shape index (κ1) is 22.7. The number of carbonyl (C=O) groups is 1. The Balaban J connectivity index is 1.54. The molecule has 0 spiro atoms. The molecule has 170 valence electrons. The van der Waals surface area contributed by atoms with E-state index in [9.17, 15) is 18.0 Å². The number of nitrogens with zero attached hydrogens (tertiary/aromatic N) is 2. The molecule has 6 nitrogen and oxygen atoms in total. The number of benzene rings is 1. The van der Waals surface area contributed by atoms with Gasteiger partial charge in [-0.3, -0.25) is 9.48 Å². The molecule has 2 aromatic heterocycles. The molecular weight excluding hydrogens is 468 g/mol. The summed E-state index contributed by atoms with van der Waals surface area (Å²) in [6.07, 6.45) is -2.28. The fourth-order valence-electron chi connectivity index (χ4n) is 3.92. The van der Waals surface area contributed by atoms with Gasteiger partial charge < -0.3 is 15.1 Å². The molecule has 0 radical (unpaired) electrons. The van der Waals surface area contributed by atoms with Crippen LogP contribution in [0.25, 0.3) is 11.3 Å². The third kappa shape index (κ3) is 4.51. The summed E-state index contributed by atoms with van der Waals surface area (Å²) >= 11 is 12.4. The van der Waals surface area contributed by atoms with Gasteiger partial charge in [0, 0.05) is 31.6 Å². The van der Waals surface area contributed by atoms with Crippen molar-refractivity contribution in [1.82, 2.24) is 20.4 Å². The van der Waals surface area contributed by atoms with Crippen LogP contribution in [-0.2, 0) is 13.2 Å². The van der Waals surface area contributed by atoms with E-state index in [0.29, 0.717) is 35.8 Å². The molecule has 4 rings (SSSR count). The van der Waals surface area contributed by atoms with Crippen LogP contribution >= 0.6 is 23.2 Å². The summed E-state index contributed by atoms with van der Waals surface area (Å²) in [5.74, 6) is -0.639. The number of hydrogen-bond acceptors (Lipinski definition) is 4. The summed E-state index contributed by atoms with van der Waals surface area (Å²) in [4.78, 5) is 12.9. The number of halogens is 5. The molecule has 2 atom stereocenters. The maximum absolute atomic E-state index is 12.9. The SMILES string of the molecule is Cn1ncc(Cl)c1-c1cc(C(=O)N[C@@H]2CNCC[C@H]2c2ccc(C(F)(F)F)cc2)oc1Cl. The number of carbonyl (C=O) groups excluding carboxylic acids is 1. The minimum Gasteiger partial charge on any atom is -0.439 e. The molecular formula is C21H19Cl2F3N4O2. The second-order valence-electron chi connectivity index (χ2n) is 7.56. The van der Waals surface area contributed by atoms with Crippen LogP contribution in [0.2, 0.25) is 10.2 Å². The largest absolute Gasteiger partial charge is 0.439 e. The normalized spacial score (nSPS) is 19.2. The predicted octanol–water partition coefficient (Wildman–Crippen LogP) is 4.88. The van der Waals surface area contributed by atoms with Crippen molar-refractivity contribution in [2.75, 3.05) is 13.1 Å². The van der Waals surface area contributed by atoms with E-state index in [1.807, 2.05) is 0 Å². The Labute approximate surface area is 191 Å². The molecule has 2 N–H and O–H groups in total. The van der Waals surface area contributed by atoms with E-state index in [4.69, 9.17) is 27.6 Å². The molecule has 32 heavy (non-hydrogen) atoms. The van der Waals surface area contributed by atoms with Crippen molar-refractivity contribution in [3.63, 3.8) is 0 Å². The zero-order valence-corrected chi connectivity index (χ0v) is 18.4. The minimum atomic E-state index is -4.40. The van der Waals surface area contributed by atoms with Gasteiger partial charge in [0.25, 0.3) is 5.91 Å². The highest BCUT2D eigenvalue weighted by atomic mass is 35.5. The lowest BCUT2D eigenvalue weighted by molar-refractivity contribution is -0.137. The van der Waals surface area contributed by atoms with Gasteiger partial charge >= 0.3 is 6.18 Å². The number of piperidine rings is 1. The minimum absolute atomic E-state index is 0.000917. The first-order valence-corrected chi connectivity index (χ1v) is 10.6. The van der Waals surface area contributed by atoms with Crippen LogP contribution in [0.5, 0.6) is 0 Å². The lowest BCUT2D eigenvalue weighted by Gasteiger charge is -2.33. The van der Waals surface area contributed by atoms with Crippen LogP contribution in [-0.4, -0.2) is 34.8 Å². The van der Waals surface area contributed by atoms with E-state index in [0.717, 1.165) is 17.7 Å². The lowest BCUT2D eigenvalue weighted by atomic mass is 9.85. The first-order chi connectivity index (χ1) is 15.1. The van der Waals surface area contributed by atoms with E-state index in [1.165, 1.54) is 29.1 Å². The first-order valence-electron chi connectivity index (χ1n) is 9.81. The van der Waals surface area contributed by atoms with Crippen molar-refractivity contribution >= 4 is 29.1 Å². The Bertz CT molecular complexity index is 1110. The van der Waals surface area contributed by atoms with Gasteiger partial charge in [-0.05, 0) is 42.3 Å². The van der Waals surface area contributed by atoms with E-state index < -0.39 is 17.6 Å². The number of aryl methyl sites for hydroxylation is 1. The van der Waals surface area contributed by atoms with Crippen molar-refractivity contribution in [3.05, 3.63) is 63.7 Å². The number of hydrogen-bond donors (Lipinski definition) is 2. The van der Waals surface area contributed by atoms with Gasteiger partial charge in [0.1, 0.15) is 0 Å². The molecule has 1 fully saturated rings. The second kappa shape index (κ2) is 8.80. The molecule has 0 saturated carbocycles. The van der Waals surface area contributed by atoms with Crippen molar-refractivity contribution < 1.29 is 22.4 Å². The number of aromatic nitrogens is 2. The fourth-order valence-corrected chi connectivity index (χ4v) is 4.42. The zero-order valence-electron chi connectivity index (χ0n) is 16.8. The third-order valence-electron chi connectivity index (χ3n) is 5.52. The second-order valence-corrected chi connectivity index (χ2v) is 8.31. The topological polar surface area (TPSA) is 72.1 Å². The van der Waals surface area contributed by atoms with E-state index >= 15 is 0 Å². The van der Waals surface area contributed by atoms with Gasteiger partial charge in [-0.1, -0.05) is 23.7 Å². The number of rotatable bonds is 4. The van der Waals surface area contributed by atoms with Gasteiger partial charge in [0.15, 0.2) is 5.76 Å². The molecule has 1 saturated heterocycles. The molecule has 3 aromatic rings. The summed E-state index contributed by atoms with van der Waals surface area (Å²) in [5.41, 5.74) is 0.969. The summed E-state index contributed by atoms with van der Waals surface area (Å²) < 4.78 is 45.6. The van der Waals surface area contributed by atoms with Gasteiger partial charge in [0.05, 0.1) is 28.0 Å². The lowest BCUT2D eigenvalue weighted by Crippen LogP contribution is -2.50. The molecule has 11 heteroatoms. The molecule has 1 amide bonds. The summed E-state index contributed by atoms with van der Waals surface area (Å²) in [6.45, 7) is 1.15. The molecule has 0 aliphatic carbocycles. The van der Waals surface area contributed by atoms with Gasteiger partial charge in [-0.2, -0.15) is 18.3 Å². The smallest absolute Gasteiger partial charge is 0.416 e.